The molecule has 356 valence electrons. The van der Waals surface area contributed by atoms with Crippen LogP contribution in [0.3, 0.4) is 0 Å². The first-order valence-corrected chi connectivity index (χ1v) is 25.5. The van der Waals surface area contributed by atoms with E-state index in [-0.39, 0.29) is 49.5 Å². The van der Waals surface area contributed by atoms with E-state index in [4.69, 9.17) is 9.62 Å². The number of amides is 1. The molecule has 1 amide bonds. The number of fused-ring (bicyclic) bond motifs is 2. The van der Waals surface area contributed by atoms with Crippen LogP contribution in [-0.2, 0) is 16.6 Å². The third-order valence-corrected chi connectivity index (χ3v) is 18.4. The number of carbonyl (C=O) groups excluding carboxylic acids is 1. The van der Waals surface area contributed by atoms with E-state index in [9.17, 15) is 22.9 Å². The van der Waals surface area contributed by atoms with Crippen LogP contribution in [0.1, 0.15) is 110 Å². The molecule has 3 aliphatic rings. The predicted molar refractivity (Wildman–Crippen MR) is 255 cm³/mol. The summed E-state index contributed by atoms with van der Waals surface area (Å²) in [5.74, 6) is -3.86. The Morgan fingerprint density at radius 2 is 1.65 bits per heavy atom. The number of hydrogen-bond donors (Lipinski definition) is 2. The van der Waals surface area contributed by atoms with Crippen molar-refractivity contribution in [2.75, 3.05) is 31.2 Å². The van der Waals surface area contributed by atoms with Gasteiger partial charge in [-0.15, -0.1) is 0 Å². The van der Waals surface area contributed by atoms with Crippen LogP contribution in [-0.4, -0.2) is 76.3 Å². The van der Waals surface area contributed by atoms with E-state index >= 15 is 9.18 Å². The number of H-pyrrole nitrogens is 1. The van der Waals surface area contributed by atoms with Crippen LogP contribution in [0.4, 0.5) is 18.9 Å². The number of nitrogens with zero attached hydrogens (tertiary/aromatic N) is 7. The largest absolute Gasteiger partial charge is 0.438 e. The molecule has 14 nitrogen and oxygen atoms in total. The SMILES string of the molecule is CCP(=O)(CC)c1ccc(-n2ccn(-c3c(-c4cc(C)c(F)c(C)c4)nn4c3C(C)N(C(=O)c3cc5cc(C6CCC(F)(F)CC6)ccc5n3C3(c5noc(=O)[nH]5)CC3C)CC4)c2=O)cc1NC. The average Bonchev–Trinajstić information content (AvgIpc) is 3.82. The molecule has 3 aromatic carbocycles. The first kappa shape index (κ1) is 45.4. The van der Waals surface area contributed by atoms with E-state index in [1.807, 2.05) is 73.3 Å². The Kier molecular flexibility index (Phi) is 11.0. The summed E-state index contributed by atoms with van der Waals surface area (Å²) in [5, 5.41) is 13.9. The van der Waals surface area contributed by atoms with Gasteiger partial charge in [0.2, 0.25) is 5.92 Å². The molecule has 1 aliphatic heterocycles. The fourth-order valence-corrected chi connectivity index (χ4v) is 13.2. The highest BCUT2D eigenvalue weighted by molar-refractivity contribution is 7.71. The van der Waals surface area contributed by atoms with Crippen molar-refractivity contribution >= 4 is 34.9 Å². The minimum atomic E-state index is -2.68. The van der Waals surface area contributed by atoms with Crippen LogP contribution >= 0.6 is 7.14 Å². The summed E-state index contributed by atoms with van der Waals surface area (Å²) in [6.45, 7) is 11.6. The molecular weight excluding hydrogens is 895 g/mol. The Labute approximate surface area is 390 Å². The van der Waals surface area contributed by atoms with Crippen molar-refractivity contribution in [1.82, 2.24) is 38.5 Å². The molecule has 3 unspecified atom stereocenters. The van der Waals surface area contributed by atoms with Crippen molar-refractivity contribution in [2.45, 2.75) is 104 Å². The van der Waals surface area contributed by atoms with Crippen LogP contribution < -0.4 is 22.1 Å². The molecule has 5 heterocycles. The van der Waals surface area contributed by atoms with Crippen molar-refractivity contribution in [2.24, 2.45) is 5.92 Å². The normalized spacial score (nSPS) is 20.5. The topological polar surface area (TPSA) is 158 Å². The number of anilines is 1. The summed E-state index contributed by atoms with van der Waals surface area (Å²) in [6.07, 6.45) is 5.22. The van der Waals surface area contributed by atoms with Crippen LogP contribution in [0.25, 0.3) is 33.5 Å². The third kappa shape index (κ3) is 7.13. The lowest BCUT2D eigenvalue weighted by molar-refractivity contribution is -0.0382. The minimum Gasteiger partial charge on any atom is -0.387 e. The van der Waals surface area contributed by atoms with Gasteiger partial charge in [-0.2, -0.15) is 5.10 Å². The second-order valence-electron chi connectivity index (χ2n) is 19.0. The summed E-state index contributed by atoms with van der Waals surface area (Å²) >= 11 is 0. The fraction of sp³-hybridized carbons (Fsp3) is 0.420. The van der Waals surface area contributed by atoms with Crippen molar-refractivity contribution in [3.8, 4) is 22.6 Å². The van der Waals surface area contributed by atoms with E-state index in [0.29, 0.717) is 88.2 Å². The number of hydrogen-bond acceptors (Lipinski definition) is 8. The number of aryl methyl sites for hydroxylation is 2. The van der Waals surface area contributed by atoms with Gasteiger partial charge in [0, 0.05) is 78.6 Å². The molecule has 0 bridgehead atoms. The van der Waals surface area contributed by atoms with Gasteiger partial charge in [-0.25, -0.2) is 22.8 Å². The van der Waals surface area contributed by atoms with Gasteiger partial charge in [-0.3, -0.25) is 28.1 Å². The minimum absolute atomic E-state index is 0.0539. The molecule has 7 aromatic rings. The van der Waals surface area contributed by atoms with Crippen LogP contribution in [0.5, 0.6) is 0 Å². The zero-order chi connectivity index (χ0) is 48.2. The van der Waals surface area contributed by atoms with E-state index in [0.717, 1.165) is 21.8 Å². The van der Waals surface area contributed by atoms with Gasteiger partial charge in [0.15, 0.2) is 5.82 Å². The van der Waals surface area contributed by atoms with Gasteiger partial charge in [0.25, 0.3) is 5.91 Å². The number of nitrogens with one attached hydrogen (secondary N) is 2. The van der Waals surface area contributed by atoms with Crippen LogP contribution in [0.2, 0.25) is 0 Å². The lowest BCUT2D eigenvalue weighted by Gasteiger charge is -2.35. The number of aromatic nitrogens is 7. The fourth-order valence-electron chi connectivity index (χ4n) is 11.1. The Bertz CT molecular complexity index is 3300. The zero-order valence-corrected chi connectivity index (χ0v) is 40.1. The van der Waals surface area contributed by atoms with Gasteiger partial charge < -0.3 is 19.3 Å². The lowest BCUT2D eigenvalue weighted by atomic mass is 9.82. The van der Waals surface area contributed by atoms with Gasteiger partial charge in [-0.05, 0) is 117 Å². The molecule has 2 aliphatic carbocycles. The number of carbonyl (C=O) groups is 1. The third-order valence-electron chi connectivity index (χ3n) is 15.1. The van der Waals surface area contributed by atoms with Gasteiger partial charge in [0.1, 0.15) is 35.6 Å². The molecule has 10 rings (SSSR count). The van der Waals surface area contributed by atoms with Crippen molar-refractivity contribution in [3.63, 3.8) is 0 Å². The summed E-state index contributed by atoms with van der Waals surface area (Å²) in [4.78, 5) is 47.3. The molecular formula is C50H55F3N9O5P. The predicted octanol–water partition coefficient (Wildman–Crippen LogP) is 9.24. The van der Waals surface area contributed by atoms with Crippen LogP contribution in [0, 0.1) is 25.6 Å². The molecule has 2 saturated carbocycles. The second-order valence-corrected chi connectivity index (χ2v) is 22.5. The quantitative estimate of drug-likeness (QED) is 0.122. The molecule has 0 radical (unpaired) electrons. The highest BCUT2D eigenvalue weighted by atomic mass is 31.2. The number of aromatic amines is 1. The smallest absolute Gasteiger partial charge is 0.387 e. The summed E-state index contributed by atoms with van der Waals surface area (Å²) in [7, 11) is -0.911. The van der Waals surface area contributed by atoms with Crippen molar-refractivity contribution in [3.05, 3.63) is 128 Å². The van der Waals surface area contributed by atoms with Crippen molar-refractivity contribution in [1.29, 1.82) is 0 Å². The van der Waals surface area contributed by atoms with E-state index in [2.05, 4.69) is 15.5 Å². The van der Waals surface area contributed by atoms with Crippen molar-refractivity contribution < 1.29 is 27.1 Å². The zero-order valence-electron chi connectivity index (χ0n) is 39.2. The molecule has 0 saturated heterocycles. The Balaban J connectivity index is 1.10. The average molecular weight is 950 g/mol. The molecule has 3 atom stereocenters. The van der Waals surface area contributed by atoms with Gasteiger partial charge >= 0.3 is 11.4 Å². The Hall–Kier alpha value is -6.35. The molecule has 68 heavy (non-hydrogen) atoms. The standard InChI is InChI=1S/C50H55F3N9O5P/c1-8-68(66,9-2)40-13-11-36(26-37(40)54-7)59-18-19-60(48(59)65)44-42(35-22-28(3)41(51)29(4)23-35)56-61-21-20-58(31(6)43(44)61)45(63)39-25-34-24-33(32-14-16-49(52,53)17-15-32)10-12-38(34)62(39)50(27-30(50)5)46-55-47(64)67-57-46/h10-13,18-19,22-26,30-32,54H,8-9,14-17,20-21,27H2,1-7H3,(H,55,57,64). The van der Waals surface area contributed by atoms with E-state index in [1.165, 1.54) is 9.13 Å². The number of alkyl halides is 2. The van der Waals surface area contributed by atoms with E-state index in [1.54, 1.807) is 56.4 Å². The molecule has 0 spiro atoms. The van der Waals surface area contributed by atoms with E-state index < -0.39 is 36.1 Å². The first-order valence-electron chi connectivity index (χ1n) is 23.4. The molecule has 2 fully saturated rings. The monoisotopic (exact) mass is 949 g/mol. The number of imidazole rings is 1. The van der Waals surface area contributed by atoms with Gasteiger partial charge in [-0.1, -0.05) is 32.0 Å². The summed E-state index contributed by atoms with van der Waals surface area (Å²) in [6, 6.07) is 15.9. The highest BCUT2D eigenvalue weighted by Crippen LogP contribution is 2.56. The maximum absolute atomic E-state index is 15.5. The summed E-state index contributed by atoms with van der Waals surface area (Å²) < 4.78 is 69.3. The Morgan fingerprint density at radius 3 is 2.28 bits per heavy atom. The molecule has 4 aromatic heterocycles. The first-order chi connectivity index (χ1) is 32.4. The number of rotatable bonds is 11. The maximum atomic E-state index is 15.5. The molecule has 2 N–H and O–H groups in total. The Morgan fingerprint density at radius 1 is 0.956 bits per heavy atom. The van der Waals surface area contributed by atoms with Crippen LogP contribution in [0.15, 0.2) is 81.1 Å². The highest BCUT2D eigenvalue weighted by Gasteiger charge is 2.59. The second kappa shape index (κ2) is 16.4. The molecule has 18 heteroatoms. The van der Waals surface area contributed by atoms with Gasteiger partial charge in [0.05, 0.1) is 24.0 Å². The lowest BCUT2D eigenvalue weighted by Crippen LogP contribution is -2.43. The maximum Gasteiger partial charge on any atom is 0.438 e. The number of halogens is 3. The number of benzene rings is 3. The summed E-state index contributed by atoms with van der Waals surface area (Å²) in [5.41, 5.74) is 4.77.